The van der Waals surface area contributed by atoms with Gasteiger partial charge in [0, 0.05) is 25.4 Å². The van der Waals surface area contributed by atoms with Crippen LogP contribution < -0.4 is 0 Å². The van der Waals surface area contributed by atoms with Crippen LogP contribution in [0.25, 0.3) is 0 Å². The molecule has 110 valence electrons. The number of rotatable bonds is 9. The fourth-order valence-corrected chi connectivity index (χ4v) is 1.11. The van der Waals surface area contributed by atoms with Crippen LogP contribution in [0, 0.1) is 0 Å². The minimum atomic E-state index is -0.915. The SMILES string of the molecule is C=C(/C=C(\O)[C@H](C)O)N(C)CCOCCC(=O)OC. The van der Waals surface area contributed by atoms with E-state index < -0.39 is 6.10 Å². The number of likely N-dealkylation sites (N-methyl/N-ethyl adjacent to an activating group) is 1. The third kappa shape index (κ3) is 8.23. The Morgan fingerprint density at radius 3 is 2.63 bits per heavy atom. The maximum atomic E-state index is 10.8. The molecule has 19 heavy (non-hydrogen) atoms. The predicted molar refractivity (Wildman–Crippen MR) is 71.6 cm³/mol. The first kappa shape index (κ1) is 17.5. The average Bonchev–Trinajstić information content (AvgIpc) is 2.37. The van der Waals surface area contributed by atoms with Crippen molar-refractivity contribution in [2.75, 3.05) is 33.9 Å². The van der Waals surface area contributed by atoms with Gasteiger partial charge in [-0.25, -0.2) is 0 Å². The molecule has 0 aromatic carbocycles. The average molecular weight is 273 g/mol. The third-order valence-corrected chi connectivity index (χ3v) is 2.48. The topological polar surface area (TPSA) is 79.2 Å². The number of aliphatic hydroxyl groups excluding tert-OH is 2. The third-order valence-electron chi connectivity index (χ3n) is 2.48. The lowest BCUT2D eigenvalue weighted by Crippen LogP contribution is -2.22. The minimum absolute atomic E-state index is 0.136. The highest BCUT2D eigenvalue weighted by molar-refractivity contribution is 5.69. The summed E-state index contributed by atoms with van der Waals surface area (Å²) < 4.78 is 9.74. The zero-order chi connectivity index (χ0) is 14.8. The lowest BCUT2D eigenvalue weighted by atomic mass is 10.2. The summed E-state index contributed by atoms with van der Waals surface area (Å²) in [6.45, 7) is 6.53. The molecule has 0 aromatic heterocycles. The number of methoxy groups -OCH3 is 1. The van der Waals surface area contributed by atoms with Crippen molar-refractivity contribution in [3.05, 3.63) is 24.1 Å². The quantitative estimate of drug-likeness (QED) is 0.280. The normalized spacial score (nSPS) is 12.9. The Bertz CT molecular complexity index is 325. The molecule has 0 fully saturated rings. The Morgan fingerprint density at radius 2 is 2.11 bits per heavy atom. The summed E-state index contributed by atoms with van der Waals surface area (Å²) in [5.74, 6) is -0.439. The molecular weight excluding hydrogens is 250 g/mol. The summed E-state index contributed by atoms with van der Waals surface area (Å²) in [5.41, 5.74) is 0.565. The van der Waals surface area contributed by atoms with E-state index in [1.54, 1.807) is 11.9 Å². The van der Waals surface area contributed by atoms with Crippen LogP contribution in [0.4, 0.5) is 0 Å². The first-order chi connectivity index (χ1) is 8.88. The first-order valence-corrected chi connectivity index (χ1v) is 6.01. The predicted octanol–water partition coefficient (Wildman–Crippen LogP) is 0.834. The zero-order valence-corrected chi connectivity index (χ0v) is 11.8. The van der Waals surface area contributed by atoms with Crippen LogP contribution in [-0.2, 0) is 14.3 Å². The molecule has 0 aromatic rings. The van der Waals surface area contributed by atoms with Crippen LogP contribution in [0.15, 0.2) is 24.1 Å². The summed E-state index contributed by atoms with van der Waals surface area (Å²) in [5, 5.41) is 18.5. The van der Waals surface area contributed by atoms with Gasteiger partial charge in [0.05, 0.1) is 26.7 Å². The van der Waals surface area contributed by atoms with Crippen LogP contribution in [0.2, 0.25) is 0 Å². The molecule has 2 N–H and O–H groups in total. The molecule has 0 aliphatic heterocycles. The standard InChI is InChI=1S/C13H23NO5/c1-10(9-12(16)11(2)15)14(3)6-8-19-7-5-13(17)18-4/h9,11,15-16H,1,5-8H2,2-4H3/b12-9-/t11-/m0/s1. The number of allylic oxidation sites excluding steroid dienone is 1. The van der Waals surface area contributed by atoms with Gasteiger partial charge >= 0.3 is 5.97 Å². The fraction of sp³-hybridized carbons (Fsp3) is 0.615. The molecule has 0 saturated heterocycles. The molecular formula is C13H23NO5. The molecule has 0 radical (unpaired) electrons. The fourth-order valence-electron chi connectivity index (χ4n) is 1.11. The van der Waals surface area contributed by atoms with Gasteiger partial charge in [-0.1, -0.05) is 6.58 Å². The second kappa shape index (κ2) is 9.41. The molecule has 0 bridgehead atoms. The van der Waals surface area contributed by atoms with Crippen LogP contribution in [0.3, 0.4) is 0 Å². The molecule has 6 nitrogen and oxygen atoms in total. The van der Waals surface area contributed by atoms with Gasteiger partial charge in [-0.05, 0) is 6.92 Å². The van der Waals surface area contributed by atoms with Gasteiger partial charge in [-0.2, -0.15) is 0 Å². The molecule has 0 spiro atoms. The first-order valence-electron chi connectivity index (χ1n) is 6.01. The Kier molecular flexibility index (Phi) is 8.65. The van der Waals surface area contributed by atoms with Gasteiger partial charge in [-0.3, -0.25) is 4.79 Å². The van der Waals surface area contributed by atoms with Gasteiger partial charge in [0.1, 0.15) is 11.9 Å². The number of esters is 1. The van der Waals surface area contributed by atoms with Gasteiger partial charge in [-0.15, -0.1) is 0 Å². The van der Waals surface area contributed by atoms with E-state index >= 15 is 0 Å². The summed E-state index contributed by atoms with van der Waals surface area (Å²) in [6, 6.07) is 0. The van der Waals surface area contributed by atoms with E-state index in [-0.39, 0.29) is 18.1 Å². The smallest absolute Gasteiger partial charge is 0.307 e. The zero-order valence-electron chi connectivity index (χ0n) is 11.8. The second-order valence-corrected chi connectivity index (χ2v) is 4.10. The molecule has 0 amide bonds. The summed E-state index contributed by atoms with van der Waals surface area (Å²) in [7, 11) is 3.12. The van der Waals surface area contributed by atoms with Gasteiger partial charge in [0.2, 0.25) is 0 Å². The van der Waals surface area contributed by atoms with Crippen molar-refractivity contribution < 1.29 is 24.5 Å². The van der Waals surface area contributed by atoms with Crippen molar-refractivity contribution in [3.8, 4) is 0 Å². The largest absolute Gasteiger partial charge is 0.509 e. The highest BCUT2D eigenvalue weighted by Gasteiger charge is 2.05. The number of hydrogen-bond donors (Lipinski definition) is 2. The number of ether oxygens (including phenoxy) is 2. The van der Waals surface area contributed by atoms with Gasteiger partial charge in [0.15, 0.2) is 0 Å². The Labute approximate surface area is 113 Å². The maximum Gasteiger partial charge on any atom is 0.307 e. The number of carbonyl (C=O) groups excluding carboxylic acids is 1. The molecule has 0 saturated carbocycles. The molecule has 0 aliphatic rings. The number of aliphatic hydroxyl groups is 2. The van der Waals surface area contributed by atoms with E-state index in [9.17, 15) is 9.90 Å². The minimum Gasteiger partial charge on any atom is -0.509 e. The summed E-state index contributed by atoms with van der Waals surface area (Å²) >= 11 is 0. The van der Waals surface area contributed by atoms with Crippen molar-refractivity contribution in [1.82, 2.24) is 4.90 Å². The monoisotopic (exact) mass is 273 g/mol. The van der Waals surface area contributed by atoms with Crippen molar-refractivity contribution in [2.24, 2.45) is 0 Å². The maximum absolute atomic E-state index is 10.8. The number of hydrogen-bond acceptors (Lipinski definition) is 6. The Balaban J connectivity index is 3.86. The van der Waals surface area contributed by atoms with Gasteiger partial charge < -0.3 is 24.6 Å². The van der Waals surface area contributed by atoms with Crippen LogP contribution in [0.1, 0.15) is 13.3 Å². The van der Waals surface area contributed by atoms with Crippen molar-refractivity contribution >= 4 is 5.97 Å². The van der Waals surface area contributed by atoms with E-state index in [0.29, 0.717) is 25.5 Å². The van der Waals surface area contributed by atoms with Crippen LogP contribution in [-0.4, -0.2) is 61.1 Å². The van der Waals surface area contributed by atoms with Crippen LogP contribution in [0.5, 0.6) is 0 Å². The molecule has 1 atom stereocenters. The van der Waals surface area contributed by atoms with Crippen LogP contribution >= 0.6 is 0 Å². The second-order valence-electron chi connectivity index (χ2n) is 4.10. The van der Waals surface area contributed by atoms with E-state index in [1.807, 2.05) is 0 Å². The lowest BCUT2D eigenvalue weighted by molar-refractivity contribution is -0.141. The molecule has 0 heterocycles. The Morgan fingerprint density at radius 1 is 1.47 bits per heavy atom. The Hall–Kier alpha value is -1.53. The van der Waals surface area contributed by atoms with Gasteiger partial charge in [0.25, 0.3) is 0 Å². The molecule has 6 heteroatoms. The molecule has 0 rings (SSSR count). The van der Waals surface area contributed by atoms with Crippen molar-refractivity contribution in [2.45, 2.75) is 19.4 Å². The lowest BCUT2D eigenvalue weighted by Gasteiger charge is -2.19. The highest BCUT2D eigenvalue weighted by atomic mass is 16.5. The number of nitrogens with zero attached hydrogens (tertiary/aromatic N) is 1. The summed E-state index contributed by atoms with van der Waals surface area (Å²) in [4.78, 5) is 12.6. The van der Waals surface area contributed by atoms with E-state index in [0.717, 1.165) is 0 Å². The van der Waals surface area contributed by atoms with E-state index in [2.05, 4.69) is 11.3 Å². The highest BCUT2D eigenvalue weighted by Crippen LogP contribution is 2.06. The number of carbonyl (C=O) groups is 1. The van der Waals surface area contributed by atoms with E-state index in [4.69, 9.17) is 9.84 Å². The van der Waals surface area contributed by atoms with Crippen molar-refractivity contribution in [1.29, 1.82) is 0 Å². The molecule has 0 unspecified atom stereocenters. The molecule has 0 aliphatic carbocycles. The van der Waals surface area contributed by atoms with Crippen molar-refractivity contribution in [3.63, 3.8) is 0 Å². The summed E-state index contributed by atoms with van der Waals surface area (Å²) in [6.07, 6.45) is 0.713. The van der Waals surface area contributed by atoms with E-state index in [1.165, 1.54) is 20.1 Å².